The number of nitrogens with zero attached hydrogens (tertiary/aromatic N) is 3. The van der Waals surface area contributed by atoms with E-state index in [4.69, 9.17) is 9.26 Å². The Morgan fingerprint density at radius 3 is 2.55 bits per heavy atom. The lowest BCUT2D eigenvalue weighted by Gasteiger charge is -2.38. The van der Waals surface area contributed by atoms with Crippen molar-refractivity contribution in [3.05, 3.63) is 58.0 Å². The zero-order valence-electron chi connectivity index (χ0n) is 21.1. The molecule has 40 heavy (non-hydrogen) atoms. The lowest BCUT2D eigenvalue weighted by Crippen LogP contribution is -2.45. The molecule has 2 aliphatic heterocycles. The normalized spacial score (nSPS) is 22.8. The number of aromatic nitrogens is 2. The molecule has 3 atom stereocenters. The van der Waals surface area contributed by atoms with Gasteiger partial charge in [0.15, 0.2) is 10.9 Å². The Hall–Kier alpha value is -2.70. The molecule has 0 N–H and O–H groups in total. The van der Waals surface area contributed by atoms with E-state index in [1.807, 2.05) is 6.07 Å². The van der Waals surface area contributed by atoms with Crippen LogP contribution in [0.1, 0.15) is 55.8 Å². The van der Waals surface area contributed by atoms with E-state index < -0.39 is 6.36 Å². The summed E-state index contributed by atoms with van der Waals surface area (Å²) in [7, 11) is 0. The summed E-state index contributed by atoms with van der Waals surface area (Å²) in [6.45, 7) is 0.190. The van der Waals surface area contributed by atoms with Crippen LogP contribution in [-0.4, -0.2) is 34.7 Å². The molecule has 0 amide bonds. The Morgan fingerprint density at radius 1 is 1.07 bits per heavy atom. The van der Waals surface area contributed by atoms with E-state index in [0.717, 1.165) is 48.4 Å². The largest absolute Gasteiger partial charge is 0.573 e. The van der Waals surface area contributed by atoms with Gasteiger partial charge in [-0.1, -0.05) is 44.6 Å². The predicted octanol–water partition coefficient (Wildman–Crippen LogP) is 8.35. The first-order chi connectivity index (χ1) is 19.2. The number of fused-ring (bicyclic) bond motifs is 3. The van der Waals surface area contributed by atoms with Crippen LogP contribution in [-0.2, 0) is 11.3 Å². The third-order valence-corrected chi connectivity index (χ3v) is 9.38. The van der Waals surface area contributed by atoms with Gasteiger partial charge in [0.05, 0.1) is 17.4 Å². The van der Waals surface area contributed by atoms with Gasteiger partial charge in [0.25, 0.3) is 0 Å². The minimum Gasteiger partial charge on any atom is -0.405 e. The molecule has 1 saturated carbocycles. The number of benzene rings is 2. The van der Waals surface area contributed by atoms with Crippen LogP contribution in [0, 0.1) is 5.82 Å². The van der Waals surface area contributed by atoms with Crippen molar-refractivity contribution < 1.29 is 31.6 Å². The molecule has 12 heteroatoms. The average molecular weight is 638 g/mol. The summed E-state index contributed by atoms with van der Waals surface area (Å²) in [4.78, 5) is 6.96. The number of piperidine rings is 1. The number of thiazole rings is 1. The summed E-state index contributed by atoms with van der Waals surface area (Å²) >= 11 is 4.86. The summed E-state index contributed by atoms with van der Waals surface area (Å²) in [5.41, 5.74) is 1.62. The molecule has 210 valence electrons. The highest BCUT2D eigenvalue weighted by atomic mass is 79.9. The molecule has 6 nitrogen and oxygen atoms in total. The van der Waals surface area contributed by atoms with Crippen LogP contribution in [0.2, 0.25) is 0 Å². The third kappa shape index (κ3) is 4.98. The van der Waals surface area contributed by atoms with Crippen LogP contribution < -0.4 is 9.64 Å². The van der Waals surface area contributed by atoms with Crippen molar-refractivity contribution in [2.75, 3.05) is 4.90 Å². The van der Waals surface area contributed by atoms with Crippen LogP contribution in [0.15, 0.2) is 45.4 Å². The molecular weight excluding hydrogens is 614 g/mol. The zero-order chi connectivity index (χ0) is 27.6. The number of anilines is 1. The number of ether oxygens (including phenoxy) is 2. The van der Waals surface area contributed by atoms with Gasteiger partial charge in [0.2, 0.25) is 0 Å². The molecule has 1 aliphatic carbocycles. The summed E-state index contributed by atoms with van der Waals surface area (Å²) in [6.07, 6.45) is 0.604. The van der Waals surface area contributed by atoms with Crippen molar-refractivity contribution in [3.63, 3.8) is 0 Å². The van der Waals surface area contributed by atoms with E-state index in [1.54, 1.807) is 12.1 Å². The molecule has 1 unspecified atom stereocenters. The second-order valence-electron chi connectivity index (χ2n) is 10.6. The van der Waals surface area contributed by atoms with Gasteiger partial charge in [-0.2, -0.15) is 0 Å². The predicted molar refractivity (Wildman–Crippen MR) is 145 cm³/mol. The number of hydrogen-bond acceptors (Lipinski definition) is 7. The SMILES string of the molecule is Fc1cc(Br)cc2sc(N3[C@@H]4CC[C@H]3CC(OCc3c(-c5ccccc5OC(F)(F)F)noc3C3CC3)C4)nc12. The van der Waals surface area contributed by atoms with Crippen LogP contribution >= 0.6 is 27.3 Å². The Balaban J connectivity index is 1.11. The van der Waals surface area contributed by atoms with Gasteiger partial charge >= 0.3 is 6.36 Å². The minimum absolute atomic E-state index is 0.0366. The molecule has 3 fully saturated rings. The first-order valence-corrected chi connectivity index (χ1v) is 14.8. The minimum atomic E-state index is -4.82. The Kier molecular flexibility index (Phi) is 6.55. The van der Waals surface area contributed by atoms with E-state index in [0.29, 0.717) is 27.0 Å². The van der Waals surface area contributed by atoms with E-state index >= 15 is 0 Å². The number of hydrogen-bond donors (Lipinski definition) is 0. The molecule has 2 bridgehead atoms. The maximum Gasteiger partial charge on any atom is 0.573 e. The summed E-state index contributed by atoms with van der Waals surface area (Å²) in [5, 5.41) is 5.01. The molecule has 2 saturated heterocycles. The molecule has 4 aromatic rings. The molecule has 2 aromatic heterocycles. The van der Waals surface area contributed by atoms with Crippen LogP contribution in [0.5, 0.6) is 5.75 Å². The maximum absolute atomic E-state index is 14.5. The topological polar surface area (TPSA) is 60.6 Å². The summed E-state index contributed by atoms with van der Waals surface area (Å²) < 4.78 is 71.6. The Bertz CT molecular complexity index is 1560. The fourth-order valence-corrected chi connectivity index (χ4v) is 7.79. The van der Waals surface area contributed by atoms with Crippen molar-refractivity contribution in [2.24, 2.45) is 0 Å². The van der Waals surface area contributed by atoms with E-state index in [9.17, 15) is 17.6 Å². The molecule has 3 aliphatic rings. The van der Waals surface area contributed by atoms with Crippen LogP contribution in [0.25, 0.3) is 21.5 Å². The van der Waals surface area contributed by atoms with Gasteiger partial charge in [-0.25, -0.2) is 9.37 Å². The number of para-hydroxylation sites is 1. The van der Waals surface area contributed by atoms with Crippen molar-refractivity contribution in [2.45, 2.75) is 75.6 Å². The van der Waals surface area contributed by atoms with Crippen molar-refractivity contribution in [3.8, 4) is 17.0 Å². The van der Waals surface area contributed by atoms with E-state index in [-0.39, 0.29) is 47.8 Å². The average Bonchev–Trinajstić information content (AvgIpc) is 3.41. The smallest absolute Gasteiger partial charge is 0.405 e. The molecule has 7 rings (SSSR count). The third-order valence-electron chi connectivity index (χ3n) is 7.91. The molecule has 2 aromatic carbocycles. The van der Waals surface area contributed by atoms with Gasteiger partial charge < -0.3 is 18.9 Å². The van der Waals surface area contributed by atoms with Crippen molar-refractivity contribution in [1.82, 2.24) is 10.1 Å². The van der Waals surface area contributed by atoms with Crippen LogP contribution in [0.4, 0.5) is 22.7 Å². The fraction of sp³-hybridized carbons (Fsp3) is 0.429. The van der Waals surface area contributed by atoms with Gasteiger partial charge in [-0.15, -0.1) is 13.2 Å². The van der Waals surface area contributed by atoms with Crippen LogP contribution in [0.3, 0.4) is 0 Å². The Labute approximate surface area is 239 Å². The first-order valence-electron chi connectivity index (χ1n) is 13.2. The molecule has 0 radical (unpaired) electrons. The number of halogens is 5. The van der Waals surface area contributed by atoms with Crippen molar-refractivity contribution >= 4 is 42.6 Å². The highest BCUT2D eigenvalue weighted by Crippen LogP contribution is 2.47. The lowest BCUT2D eigenvalue weighted by molar-refractivity contribution is -0.274. The standard InChI is InChI=1S/C28H24BrF4N3O3S/c29-15-9-21(30)25-23(10-15)40-27(34-25)36-16-7-8-17(36)12-18(11-16)37-13-20-24(35-39-26(20)14-5-6-14)19-3-1-2-4-22(19)38-28(31,32)33/h1-4,9-10,14,16-18H,5-8,11-13H2/t16-,17+,18?. The second kappa shape index (κ2) is 9.99. The van der Waals surface area contributed by atoms with Gasteiger partial charge in [-0.3, -0.25) is 0 Å². The second-order valence-corrected chi connectivity index (χ2v) is 12.5. The molecule has 4 heterocycles. The maximum atomic E-state index is 14.5. The van der Waals surface area contributed by atoms with Crippen molar-refractivity contribution in [1.29, 1.82) is 0 Å². The zero-order valence-corrected chi connectivity index (χ0v) is 23.5. The van der Waals surface area contributed by atoms with E-state index in [1.165, 1.54) is 29.5 Å². The first kappa shape index (κ1) is 26.2. The number of rotatable bonds is 7. The molecular formula is C28H24BrF4N3O3S. The fourth-order valence-electron chi connectivity index (χ4n) is 6.05. The monoisotopic (exact) mass is 637 g/mol. The quantitative estimate of drug-likeness (QED) is 0.190. The number of alkyl halides is 3. The lowest BCUT2D eigenvalue weighted by atomic mass is 10.00. The summed E-state index contributed by atoms with van der Waals surface area (Å²) in [5.74, 6) is 0.223. The van der Waals surface area contributed by atoms with Gasteiger partial charge in [0.1, 0.15) is 22.7 Å². The van der Waals surface area contributed by atoms with Gasteiger partial charge in [-0.05, 0) is 62.8 Å². The Morgan fingerprint density at radius 2 is 1.82 bits per heavy atom. The van der Waals surface area contributed by atoms with E-state index in [2.05, 4.69) is 35.7 Å². The highest BCUT2D eigenvalue weighted by molar-refractivity contribution is 9.10. The van der Waals surface area contributed by atoms with Gasteiger partial charge in [0, 0.05) is 33.6 Å². The molecule has 0 spiro atoms. The summed E-state index contributed by atoms with van der Waals surface area (Å²) in [6, 6.07) is 9.74. The highest BCUT2D eigenvalue weighted by Gasteiger charge is 2.43.